The van der Waals surface area contributed by atoms with Crippen LogP contribution in [0.4, 0.5) is 0 Å². The third-order valence-corrected chi connectivity index (χ3v) is 5.70. The predicted molar refractivity (Wildman–Crippen MR) is 84.6 cm³/mol. The third kappa shape index (κ3) is 2.63. The first kappa shape index (κ1) is 15.4. The average Bonchev–Trinajstić information content (AvgIpc) is 3.00. The molecule has 7 nitrogen and oxygen atoms in total. The summed E-state index contributed by atoms with van der Waals surface area (Å²) in [5.74, 6) is 0. The Hall–Kier alpha value is -1.48. The molecule has 2 atom stereocenters. The maximum atomic E-state index is 12.2. The van der Waals surface area contributed by atoms with Crippen molar-refractivity contribution in [2.45, 2.75) is 38.3 Å². The van der Waals surface area contributed by atoms with E-state index in [9.17, 15) is 9.90 Å². The van der Waals surface area contributed by atoms with Gasteiger partial charge in [-0.2, -0.15) is 10.0 Å². The largest absolute Gasteiger partial charge is 0.448 e. The van der Waals surface area contributed by atoms with Crippen LogP contribution in [0.25, 0.3) is 11.1 Å². The van der Waals surface area contributed by atoms with Crippen molar-refractivity contribution in [3.8, 4) is 0 Å². The van der Waals surface area contributed by atoms with E-state index in [1.54, 1.807) is 18.3 Å². The molecule has 1 aliphatic rings. The number of rotatable bonds is 3. The number of aliphatic hydroxyl groups is 1. The van der Waals surface area contributed by atoms with Gasteiger partial charge in [0, 0.05) is 19.7 Å². The highest BCUT2D eigenvalue weighted by molar-refractivity contribution is 6.87. The lowest BCUT2D eigenvalue weighted by Gasteiger charge is -2.14. The van der Waals surface area contributed by atoms with E-state index in [4.69, 9.17) is 9.25 Å². The molecule has 0 aromatic carbocycles. The molecule has 3 rings (SSSR count). The van der Waals surface area contributed by atoms with Crippen LogP contribution >= 0.6 is 0 Å². The molecule has 0 spiro atoms. The quantitative estimate of drug-likeness (QED) is 0.836. The van der Waals surface area contributed by atoms with E-state index in [1.165, 1.54) is 4.57 Å². The summed E-state index contributed by atoms with van der Waals surface area (Å²) in [5, 5.41) is 12.6. The van der Waals surface area contributed by atoms with E-state index in [0.717, 1.165) is 10.8 Å². The summed E-state index contributed by atoms with van der Waals surface area (Å²) in [4.78, 5) is 21.9. The van der Waals surface area contributed by atoms with Crippen molar-refractivity contribution in [2.24, 2.45) is 0 Å². The van der Waals surface area contributed by atoms with Crippen LogP contribution < -0.4 is 11.1 Å². The van der Waals surface area contributed by atoms with E-state index in [2.05, 4.69) is 24.6 Å². The van der Waals surface area contributed by atoms with E-state index < -0.39 is 20.0 Å². The van der Waals surface area contributed by atoms with Gasteiger partial charge in [-0.1, -0.05) is 19.6 Å². The van der Waals surface area contributed by atoms with Crippen LogP contribution in [0.1, 0.15) is 12.6 Å². The minimum absolute atomic E-state index is 0.0110. The first-order chi connectivity index (χ1) is 10.3. The summed E-state index contributed by atoms with van der Waals surface area (Å²) in [7, 11) is 0.148. The molecule has 8 heteroatoms. The summed E-state index contributed by atoms with van der Waals surface area (Å²) < 4.78 is 7.21. The number of hydrogen-bond donors (Lipinski definition) is 1. The summed E-state index contributed by atoms with van der Waals surface area (Å²) in [6.45, 7) is 6.52. The van der Waals surface area contributed by atoms with Crippen LogP contribution in [0.15, 0.2) is 21.5 Å². The van der Waals surface area contributed by atoms with Gasteiger partial charge < -0.3 is 9.52 Å². The Kier molecular flexibility index (Phi) is 3.72. The van der Waals surface area contributed by atoms with Gasteiger partial charge in [0.2, 0.25) is 5.71 Å². The Morgan fingerprint density at radius 1 is 1.45 bits per heavy atom. The molecule has 1 aliphatic heterocycles. The van der Waals surface area contributed by atoms with Crippen LogP contribution in [0, 0.1) is 0 Å². The van der Waals surface area contributed by atoms with E-state index in [1.807, 2.05) is 6.07 Å². The van der Waals surface area contributed by atoms with Crippen molar-refractivity contribution >= 4 is 24.6 Å². The third-order valence-electron chi connectivity index (χ3n) is 3.97. The molecule has 1 saturated heterocycles. The number of hydrogen-bond acceptors (Lipinski definition) is 6. The Bertz CT molecular complexity index is 749. The number of nitrogens with zero attached hydrogens (tertiary/aromatic N) is 3. The number of aliphatic hydroxyl groups excluding tert-OH is 1. The van der Waals surface area contributed by atoms with Crippen LogP contribution in [-0.2, 0) is 4.84 Å². The first-order valence-electron chi connectivity index (χ1n) is 7.33. The Labute approximate surface area is 129 Å². The molecule has 22 heavy (non-hydrogen) atoms. The average molecular weight is 323 g/mol. The molecule has 3 heterocycles. The maximum absolute atomic E-state index is 12.2. The van der Waals surface area contributed by atoms with Gasteiger partial charge in [-0.15, -0.1) is 0 Å². The van der Waals surface area contributed by atoms with Crippen LogP contribution in [0.5, 0.6) is 0 Å². The lowest BCUT2D eigenvalue weighted by atomic mass is 10.2. The van der Waals surface area contributed by atoms with Crippen LogP contribution in [-0.4, -0.2) is 47.5 Å². The van der Waals surface area contributed by atoms with Crippen LogP contribution in [0.3, 0.4) is 0 Å². The number of likely N-dealkylation sites (N-methyl/N-ethyl adjacent to an activating group) is 1. The van der Waals surface area contributed by atoms with Gasteiger partial charge in [0.05, 0.1) is 23.4 Å². The molecule has 2 aromatic heterocycles. The molecule has 0 saturated carbocycles. The fourth-order valence-electron chi connectivity index (χ4n) is 2.56. The second-order valence-electron chi connectivity index (χ2n) is 6.73. The summed E-state index contributed by atoms with van der Waals surface area (Å²) in [6, 6.07) is 1.85. The summed E-state index contributed by atoms with van der Waals surface area (Å²) in [5.41, 5.74) is -0.0234. The first-order valence-corrected chi connectivity index (χ1v) is 10.8. The molecule has 120 valence electrons. The van der Waals surface area contributed by atoms with E-state index >= 15 is 0 Å². The number of furan rings is 1. The van der Waals surface area contributed by atoms with E-state index in [0.29, 0.717) is 12.1 Å². The van der Waals surface area contributed by atoms with Gasteiger partial charge in [0.1, 0.15) is 8.07 Å². The van der Waals surface area contributed by atoms with Crippen molar-refractivity contribution in [1.82, 2.24) is 14.6 Å². The van der Waals surface area contributed by atoms with Crippen molar-refractivity contribution in [3.63, 3.8) is 0 Å². The Morgan fingerprint density at radius 3 is 2.77 bits per heavy atom. The molecule has 1 N–H and O–H groups in total. The van der Waals surface area contributed by atoms with Gasteiger partial charge in [0.15, 0.2) is 6.23 Å². The van der Waals surface area contributed by atoms with Crippen molar-refractivity contribution in [1.29, 1.82) is 0 Å². The van der Waals surface area contributed by atoms with Gasteiger partial charge in [-0.25, -0.2) is 4.79 Å². The van der Waals surface area contributed by atoms with Crippen molar-refractivity contribution in [2.75, 3.05) is 13.7 Å². The molecular formula is C14H21N3O4Si. The van der Waals surface area contributed by atoms with Gasteiger partial charge in [0.25, 0.3) is 0 Å². The minimum Gasteiger partial charge on any atom is -0.448 e. The molecule has 0 aliphatic carbocycles. The summed E-state index contributed by atoms with van der Waals surface area (Å²) in [6.07, 6.45) is 1.83. The molecule has 0 bridgehead atoms. The second-order valence-corrected chi connectivity index (χ2v) is 11.7. The summed E-state index contributed by atoms with van der Waals surface area (Å²) >= 11 is 0. The molecular weight excluding hydrogens is 302 g/mol. The SMILES string of the molecule is CN1O[C@H](n2cc3cc([Si](C)(C)C)oc3nc2=O)C[C@@H]1CO. The Morgan fingerprint density at radius 2 is 2.18 bits per heavy atom. The molecule has 0 amide bonds. The normalized spacial score (nSPS) is 23.5. The monoisotopic (exact) mass is 323 g/mol. The molecule has 2 aromatic rings. The van der Waals surface area contributed by atoms with Crippen molar-refractivity contribution in [3.05, 3.63) is 22.7 Å². The lowest BCUT2D eigenvalue weighted by molar-refractivity contribution is -0.170. The number of aromatic nitrogens is 2. The van der Waals surface area contributed by atoms with Crippen LogP contribution in [0.2, 0.25) is 19.6 Å². The number of hydroxylamine groups is 2. The highest BCUT2D eigenvalue weighted by Gasteiger charge is 2.32. The van der Waals surface area contributed by atoms with Gasteiger partial charge in [-0.3, -0.25) is 9.40 Å². The second kappa shape index (κ2) is 5.30. The zero-order valence-corrected chi connectivity index (χ0v) is 14.2. The zero-order valence-electron chi connectivity index (χ0n) is 13.2. The van der Waals surface area contributed by atoms with Crippen molar-refractivity contribution < 1.29 is 14.4 Å². The Balaban J connectivity index is 2.01. The maximum Gasteiger partial charge on any atom is 0.353 e. The fraction of sp³-hybridized carbons (Fsp3) is 0.571. The fourth-order valence-corrected chi connectivity index (χ4v) is 3.55. The molecule has 1 fully saturated rings. The lowest BCUT2D eigenvalue weighted by Crippen LogP contribution is -2.36. The zero-order chi connectivity index (χ0) is 16.1. The van der Waals surface area contributed by atoms with Gasteiger partial charge in [-0.05, 0) is 6.07 Å². The van der Waals surface area contributed by atoms with E-state index in [-0.39, 0.29) is 12.6 Å². The highest BCUT2D eigenvalue weighted by atomic mass is 28.3. The molecule has 0 radical (unpaired) electrons. The smallest absolute Gasteiger partial charge is 0.353 e. The topological polar surface area (TPSA) is 80.7 Å². The minimum atomic E-state index is -1.60. The standard InChI is InChI=1S/C14H21N3O4Si/c1-16-10(8-18)6-11(21-16)17-7-9-5-12(22(2,3)4)20-13(9)15-14(17)19/h5,7,10-11,18H,6,8H2,1-4H3/t10-,11+/m1/s1. The number of fused-ring (bicyclic) bond motifs is 1. The highest BCUT2D eigenvalue weighted by Crippen LogP contribution is 2.27. The molecule has 0 unspecified atom stereocenters. The predicted octanol–water partition coefficient (Wildman–Crippen LogP) is 0.661. The van der Waals surface area contributed by atoms with Gasteiger partial charge >= 0.3 is 5.69 Å².